The normalized spacial score (nSPS) is 15.2. The van der Waals surface area contributed by atoms with Crippen LogP contribution in [0.4, 0.5) is 0 Å². The van der Waals surface area contributed by atoms with Crippen LogP contribution in [0.25, 0.3) is 0 Å². The Morgan fingerprint density at radius 1 is 1.32 bits per heavy atom. The van der Waals surface area contributed by atoms with Crippen LogP contribution in [-0.2, 0) is 17.6 Å². The number of hydrogen-bond acceptors (Lipinski definition) is 6. The second-order valence-corrected chi connectivity index (χ2v) is 5.57. The monoisotopic (exact) mass is 302 g/mol. The van der Waals surface area contributed by atoms with Crippen LogP contribution in [0.1, 0.15) is 59.1 Å². The zero-order valence-corrected chi connectivity index (χ0v) is 12.6. The minimum atomic E-state index is -0.663. The van der Waals surface area contributed by atoms with E-state index in [0.717, 1.165) is 36.8 Å². The van der Waals surface area contributed by atoms with Gasteiger partial charge in [0, 0.05) is 0 Å². The first-order valence-electron chi connectivity index (χ1n) is 7.40. The number of ether oxygens (including phenoxy) is 1. The molecule has 22 heavy (non-hydrogen) atoms. The Bertz CT molecular complexity index is 708. The van der Waals surface area contributed by atoms with Crippen LogP contribution in [0.5, 0.6) is 5.75 Å². The summed E-state index contributed by atoms with van der Waals surface area (Å²) in [5.74, 6) is 0.0895. The minimum Gasteiger partial charge on any atom is -0.507 e. The second-order valence-electron chi connectivity index (χ2n) is 5.57. The molecule has 1 unspecified atom stereocenters. The van der Waals surface area contributed by atoms with Gasteiger partial charge in [0.1, 0.15) is 11.3 Å². The molecular weight excluding hydrogens is 284 g/mol. The molecule has 1 aliphatic rings. The quantitative estimate of drug-likeness (QED) is 0.877. The number of rotatable bonds is 3. The predicted octanol–water partition coefficient (Wildman–Crippen LogP) is 2.88. The molecule has 0 saturated heterocycles. The number of carbonyl (C=O) groups excluding carboxylic acids is 1. The third-order valence-electron chi connectivity index (χ3n) is 3.85. The zero-order chi connectivity index (χ0) is 15.7. The highest BCUT2D eigenvalue weighted by Gasteiger charge is 2.23. The van der Waals surface area contributed by atoms with Gasteiger partial charge in [-0.05, 0) is 62.8 Å². The Morgan fingerprint density at radius 3 is 2.64 bits per heavy atom. The molecule has 1 aromatic heterocycles. The lowest BCUT2D eigenvalue weighted by atomic mass is 9.90. The van der Waals surface area contributed by atoms with Crippen molar-refractivity contribution in [2.24, 2.45) is 0 Å². The summed E-state index contributed by atoms with van der Waals surface area (Å²) in [4.78, 5) is 16.3. The SMILES string of the molecule is Cc1noc(C(C)OC(=O)c2cc3c(cc2O)CCCC3)n1. The van der Waals surface area contributed by atoms with Crippen LogP contribution in [0.2, 0.25) is 0 Å². The number of nitrogens with zero attached hydrogens (tertiary/aromatic N) is 2. The highest BCUT2D eigenvalue weighted by Crippen LogP contribution is 2.30. The molecule has 0 saturated carbocycles. The van der Waals surface area contributed by atoms with Crippen molar-refractivity contribution in [1.29, 1.82) is 0 Å². The molecule has 3 rings (SSSR count). The number of hydrogen-bond donors (Lipinski definition) is 1. The van der Waals surface area contributed by atoms with E-state index in [0.29, 0.717) is 5.82 Å². The first-order valence-corrected chi connectivity index (χ1v) is 7.40. The fourth-order valence-corrected chi connectivity index (χ4v) is 2.69. The maximum atomic E-state index is 12.3. The molecule has 1 aliphatic carbocycles. The highest BCUT2D eigenvalue weighted by atomic mass is 16.6. The van der Waals surface area contributed by atoms with Crippen molar-refractivity contribution >= 4 is 5.97 Å². The molecule has 6 nitrogen and oxygen atoms in total. The maximum Gasteiger partial charge on any atom is 0.342 e. The van der Waals surface area contributed by atoms with Crippen LogP contribution in [0.15, 0.2) is 16.7 Å². The lowest BCUT2D eigenvalue weighted by Crippen LogP contribution is -2.12. The number of benzene rings is 1. The van der Waals surface area contributed by atoms with E-state index in [4.69, 9.17) is 9.26 Å². The molecule has 116 valence electrons. The molecule has 1 aromatic carbocycles. The van der Waals surface area contributed by atoms with Gasteiger partial charge < -0.3 is 14.4 Å². The number of aromatic hydroxyl groups is 1. The summed E-state index contributed by atoms with van der Waals surface area (Å²) in [6.07, 6.45) is 3.42. The highest BCUT2D eigenvalue weighted by molar-refractivity contribution is 5.93. The smallest absolute Gasteiger partial charge is 0.342 e. The molecular formula is C16H18N2O4. The van der Waals surface area contributed by atoms with E-state index in [9.17, 15) is 9.90 Å². The molecule has 6 heteroatoms. The van der Waals surface area contributed by atoms with Crippen molar-refractivity contribution in [3.05, 3.63) is 40.5 Å². The fourth-order valence-electron chi connectivity index (χ4n) is 2.69. The van der Waals surface area contributed by atoms with Crippen molar-refractivity contribution in [3.63, 3.8) is 0 Å². The van der Waals surface area contributed by atoms with E-state index in [-0.39, 0.29) is 17.2 Å². The van der Waals surface area contributed by atoms with Crippen LogP contribution in [0, 0.1) is 6.92 Å². The summed E-state index contributed by atoms with van der Waals surface area (Å²) in [7, 11) is 0. The van der Waals surface area contributed by atoms with Crippen LogP contribution < -0.4 is 0 Å². The molecule has 0 spiro atoms. The number of fused-ring (bicyclic) bond motifs is 1. The topological polar surface area (TPSA) is 85.5 Å². The van der Waals surface area contributed by atoms with E-state index in [1.165, 1.54) is 0 Å². The summed E-state index contributed by atoms with van der Waals surface area (Å²) in [5.41, 5.74) is 2.40. The standard InChI is InChI=1S/C16H18N2O4/c1-9(15-17-10(2)18-22-15)21-16(20)13-7-11-5-3-4-6-12(11)8-14(13)19/h7-9,19H,3-6H2,1-2H3. The molecule has 0 radical (unpaired) electrons. The van der Waals surface area contributed by atoms with Gasteiger partial charge >= 0.3 is 5.97 Å². The van der Waals surface area contributed by atoms with E-state index >= 15 is 0 Å². The van der Waals surface area contributed by atoms with Gasteiger partial charge in [-0.1, -0.05) is 5.16 Å². The Morgan fingerprint density at radius 2 is 2.00 bits per heavy atom. The summed E-state index contributed by atoms with van der Waals surface area (Å²) >= 11 is 0. The summed E-state index contributed by atoms with van der Waals surface area (Å²) in [6.45, 7) is 3.34. The lowest BCUT2D eigenvalue weighted by Gasteiger charge is -2.18. The van der Waals surface area contributed by atoms with Crippen molar-refractivity contribution in [1.82, 2.24) is 10.1 Å². The van der Waals surface area contributed by atoms with Gasteiger partial charge in [0.05, 0.1) is 0 Å². The third-order valence-corrected chi connectivity index (χ3v) is 3.85. The zero-order valence-electron chi connectivity index (χ0n) is 12.6. The first kappa shape index (κ1) is 14.6. The van der Waals surface area contributed by atoms with Gasteiger partial charge in [0.15, 0.2) is 11.9 Å². The average Bonchev–Trinajstić information content (AvgIpc) is 2.93. The lowest BCUT2D eigenvalue weighted by molar-refractivity contribution is 0.0262. The number of phenols is 1. The summed E-state index contributed by atoms with van der Waals surface area (Å²) in [6, 6.07) is 3.41. The molecule has 0 amide bonds. The van der Waals surface area contributed by atoms with Crippen molar-refractivity contribution in [3.8, 4) is 5.75 Å². The molecule has 0 aliphatic heterocycles. The van der Waals surface area contributed by atoms with Gasteiger partial charge in [-0.2, -0.15) is 4.98 Å². The van der Waals surface area contributed by atoms with Gasteiger partial charge in [-0.25, -0.2) is 4.79 Å². The largest absolute Gasteiger partial charge is 0.507 e. The average molecular weight is 302 g/mol. The summed E-state index contributed by atoms with van der Waals surface area (Å²) < 4.78 is 10.3. The molecule has 0 bridgehead atoms. The Balaban J connectivity index is 1.80. The molecule has 1 heterocycles. The van der Waals surface area contributed by atoms with Crippen molar-refractivity contribution in [2.45, 2.75) is 45.6 Å². The maximum absolute atomic E-state index is 12.3. The Hall–Kier alpha value is -2.37. The Kier molecular flexibility index (Phi) is 3.83. The van der Waals surface area contributed by atoms with Crippen LogP contribution in [0.3, 0.4) is 0 Å². The van der Waals surface area contributed by atoms with Gasteiger partial charge in [0.2, 0.25) is 0 Å². The van der Waals surface area contributed by atoms with E-state index in [1.54, 1.807) is 26.0 Å². The number of phenolic OH excluding ortho intramolecular Hbond substituents is 1. The summed E-state index contributed by atoms with van der Waals surface area (Å²) in [5, 5.41) is 13.7. The van der Waals surface area contributed by atoms with Crippen molar-refractivity contribution < 1.29 is 19.2 Å². The molecule has 1 N–H and O–H groups in total. The van der Waals surface area contributed by atoms with Crippen LogP contribution >= 0.6 is 0 Å². The molecule has 0 fully saturated rings. The third kappa shape index (κ3) is 2.81. The predicted molar refractivity (Wildman–Crippen MR) is 77.6 cm³/mol. The second kappa shape index (κ2) is 5.79. The van der Waals surface area contributed by atoms with Gasteiger partial charge in [0.25, 0.3) is 5.89 Å². The van der Waals surface area contributed by atoms with Gasteiger partial charge in [-0.15, -0.1) is 0 Å². The van der Waals surface area contributed by atoms with E-state index < -0.39 is 12.1 Å². The Labute approximate surface area is 128 Å². The number of esters is 1. The molecule has 2 aromatic rings. The number of aromatic nitrogens is 2. The van der Waals surface area contributed by atoms with E-state index in [2.05, 4.69) is 10.1 Å². The van der Waals surface area contributed by atoms with Crippen molar-refractivity contribution in [2.75, 3.05) is 0 Å². The minimum absolute atomic E-state index is 0.0421. The fraction of sp³-hybridized carbons (Fsp3) is 0.438. The van der Waals surface area contributed by atoms with Crippen LogP contribution in [-0.4, -0.2) is 21.2 Å². The number of aryl methyl sites for hydroxylation is 3. The van der Waals surface area contributed by atoms with Gasteiger partial charge in [-0.3, -0.25) is 0 Å². The first-order chi connectivity index (χ1) is 10.5. The number of carbonyl (C=O) groups is 1. The molecule has 1 atom stereocenters. The van der Waals surface area contributed by atoms with E-state index in [1.807, 2.05) is 0 Å².